The fourth-order valence-electron chi connectivity index (χ4n) is 13.5. The lowest BCUT2D eigenvalue weighted by Crippen LogP contribution is -2.58. The smallest absolute Gasteiger partial charge is 0.451 e. The molecule has 582 valence electrons. The van der Waals surface area contributed by atoms with E-state index in [2.05, 4.69) is 18.9 Å². The van der Waals surface area contributed by atoms with Crippen LogP contribution in [0.1, 0.15) is 96.3 Å². The van der Waals surface area contributed by atoms with Gasteiger partial charge < -0.3 is 116 Å². The van der Waals surface area contributed by atoms with Gasteiger partial charge in [0.1, 0.15) is 22.2 Å². The lowest BCUT2D eigenvalue weighted by molar-refractivity contribution is -0.145. The van der Waals surface area contributed by atoms with E-state index in [0.717, 1.165) is 42.9 Å². The molecule has 2 saturated carbocycles. The topological polar surface area (TPSA) is 735 Å². The minimum Gasteiger partial charge on any atom is -0.480 e. The number of nitrogens with two attached hydrogens (primary N) is 8. The highest BCUT2D eigenvalue weighted by molar-refractivity contribution is 7.88. The lowest BCUT2D eigenvalue weighted by atomic mass is 9.78. The quantitative estimate of drug-likeness (QED) is 0.0278. The number of nitrogens with one attached hydrogen (secondary N) is 4. The van der Waals surface area contributed by atoms with E-state index in [1.165, 1.54) is 0 Å². The zero-order valence-electron chi connectivity index (χ0n) is 56.3. The van der Waals surface area contributed by atoms with Gasteiger partial charge in [-0.2, -0.15) is 69.8 Å². The summed E-state index contributed by atoms with van der Waals surface area (Å²) in [5, 5.41) is 109. The van der Waals surface area contributed by atoms with Crippen LogP contribution in [0.4, 0.5) is 0 Å². The van der Waals surface area contributed by atoms with Gasteiger partial charge >= 0.3 is 52.4 Å². The molecule has 8 unspecified atom stereocenters. The number of carboxylic acids is 4. The molecule has 0 aromatic carbocycles. The Balaban J connectivity index is 0.000000243. The molecule has 0 amide bonds. The summed E-state index contributed by atoms with van der Waals surface area (Å²) in [7, 11) is -21.7. The Bertz CT molecular complexity index is 3100. The molecule has 6 heterocycles. The maximum absolute atomic E-state index is 12.7. The van der Waals surface area contributed by atoms with Crippen LogP contribution in [0, 0.1) is 23.7 Å². The van der Waals surface area contributed by atoms with Crippen molar-refractivity contribution in [2.24, 2.45) is 69.5 Å². The number of aliphatic carboxylic acids is 4. The van der Waals surface area contributed by atoms with E-state index in [1.807, 2.05) is 0 Å². The highest BCUT2D eigenvalue weighted by atomic mass is 32.2. The number of carbonyl (C=O) groups is 4. The first kappa shape index (κ1) is 88.5. The van der Waals surface area contributed by atoms with Crippen LogP contribution in [0.15, 0.2) is 0 Å². The molecule has 0 aromatic heterocycles. The van der Waals surface area contributed by atoms with Gasteiger partial charge in [0.15, 0.2) is 0 Å². The van der Waals surface area contributed by atoms with E-state index >= 15 is 0 Å². The van der Waals surface area contributed by atoms with Gasteiger partial charge in [0, 0.05) is 125 Å². The average Bonchev–Trinajstić information content (AvgIpc) is 1.64. The molecule has 0 spiro atoms. The summed E-state index contributed by atoms with van der Waals surface area (Å²) in [5.41, 5.74) is 40.5. The number of hydrogen-bond donors (Lipinski definition) is 24. The SMILES string of the molecule is NC1CCC1NS(=O)(=O)N1C[C@H](CCCB(O)O)[C@](N)(C(=O)O)C1.NC1CCCCC1NS(=O)(=O)N1C[C@H](CCCB(O)O)[C@](N)(C(=O)O)C1.NC1COCC1NS(=O)(=O)N1C[C@H](CCCB(O)O)[C@](N)(C(=O)O)C1.NC1COCCC1NS(=O)(=O)N1C[C@H](CCCB(O)O)[C@](N)(C(=O)O)C1. The predicted octanol–water partition coefficient (Wildman–Crippen LogP) is -11.2. The molecular formula is C51H106B4N16O26S4. The third-order valence-electron chi connectivity index (χ3n) is 20.2. The molecule has 32 N–H and O–H groups in total. The molecule has 0 radical (unpaired) electrons. The summed E-state index contributed by atoms with van der Waals surface area (Å²) in [6, 6.07) is -3.22. The zero-order valence-corrected chi connectivity index (χ0v) is 59.5. The highest BCUT2D eigenvalue weighted by Crippen LogP contribution is 2.37. The molecule has 2 aliphatic carbocycles. The molecule has 6 aliphatic heterocycles. The van der Waals surface area contributed by atoms with Crippen LogP contribution in [-0.2, 0) is 69.5 Å². The second kappa shape index (κ2) is 37.6. The van der Waals surface area contributed by atoms with Crippen molar-refractivity contribution in [1.82, 2.24) is 36.1 Å². The summed E-state index contributed by atoms with van der Waals surface area (Å²) in [4.78, 5) is 46.5. The first-order valence-corrected chi connectivity index (χ1v) is 39.3. The number of nitrogens with zero attached hydrogens (tertiary/aromatic N) is 4. The van der Waals surface area contributed by atoms with Crippen molar-refractivity contribution >= 4 is 93.2 Å². The molecule has 50 heteroatoms. The molecule has 0 bridgehead atoms. The van der Waals surface area contributed by atoms with Crippen LogP contribution in [-0.4, -0.2) is 313 Å². The van der Waals surface area contributed by atoms with E-state index in [9.17, 15) is 73.3 Å². The number of carboxylic acid groups (broad SMARTS) is 4. The maximum atomic E-state index is 12.7. The van der Waals surface area contributed by atoms with E-state index in [1.54, 1.807) is 0 Å². The Labute approximate surface area is 589 Å². The van der Waals surface area contributed by atoms with E-state index in [-0.39, 0.29) is 147 Å². The van der Waals surface area contributed by atoms with E-state index in [0.29, 0.717) is 51.6 Å². The molecule has 0 aromatic rings. The minimum absolute atomic E-state index is 0.0262. The van der Waals surface area contributed by atoms with Gasteiger partial charge in [-0.15, -0.1) is 0 Å². The summed E-state index contributed by atoms with van der Waals surface area (Å²) in [6.07, 6.45) is 7.77. The Hall–Kier alpha value is -3.10. The van der Waals surface area contributed by atoms with Crippen molar-refractivity contribution in [3.8, 4) is 0 Å². The predicted molar refractivity (Wildman–Crippen MR) is 365 cm³/mol. The van der Waals surface area contributed by atoms with Gasteiger partial charge in [-0.1, -0.05) is 38.5 Å². The van der Waals surface area contributed by atoms with Crippen LogP contribution in [0.2, 0.25) is 25.3 Å². The number of hydrogen-bond acceptors (Lipinski definition) is 30. The van der Waals surface area contributed by atoms with Crippen LogP contribution >= 0.6 is 0 Å². The standard InChI is InChI=1S/C14H29BN4O6S.C13H27BN4O7S.C12H25BN4O7S.C12H25BN4O6S/c16-11-5-1-2-6-12(11)18-26(24,25)19-8-10(4-3-7-15(22)23)14(17,9-19)13(20)21;15-10-7-25-5-3-11(10)17-26(23,24)18-6-9(2-1-4-14(21)22)13(16,8-18)12(19)20;14-9-5-24-6-10(9)16-25(22,23)17-4-8(2-1-3-13(20)21)12(15,7-17)11(18)19;14-9-3-4-10(9)16-24(22,23)17-6-8(2-1-5-13(20)21)12(15,7-17)11(18)19/h10-12,18,22-23H,1-9,16-17H2,(H,20,21);9-11,17,21-22H,1-8,15-16H2,(H,19,20);8-10,16,20-21H,1-7,14-15H2,(H,18,19);8-10,16,20-21H,1-7,14-15H2,(H,18,19)/t10-,11?,12?,14-;9-,10?,11?,13-;2*8-,9?,10?,12-/m0000/s1. The molecule has 6 saturated heterocycles. The van der Waals surface area contributed by atoms with E-state index in [4.69, 9.17) is 95.5 Å². The first-order chi connectivity index (χ1) is 46.7. The fourth-order valence-corrected chi connectivity index (χ4v) is 19.8. The lowest BCUT2D eigenvalue weighted by Gasteiger charge is -2.35. The van der Waals surface area contributed by atoms with Gasteiger partial charge in [0.05, 0.1) is 25.9 Å². The molecule has 8 rings (SSSR count). The first-order valence-electron chi connectivity index (χ1n) is 33.6. The second-order valence-corrected chi connectivity index (χ2v) is 34.6. The Kier molecular flexibility index (Phi) is 33.0. The molecule has 101 heavy (non-hydrogen) atoms. The van der Waals surface area contributed by atoms with Crippen LogP contribution in [0.25, 0.3) is 0 Å². The summed E-state index contributed by atoms with van der Waals surface area (Å²) in [5.74, 6) is -7.62. The van der Waals surface area contributed by atoms with Gasteiger partial charge in [0.25, 0.3) is 40.8 Å². The van der Waals surface area contributed by atoms with Gasteiger partial charge in [-0.05, 0) is 83.1 Å². The van der Waals surface area contributed by atoms with Crippen molar-refractivity contribution in [2.45, 2.75) is 192 Å². The van der Waals surface area contributed by atoms with Crippen LogP contribution in [0.3, 0.4) is 0 Å². The van der Waals surface area contributed by atoms with Gasteiger partial charge in [0.2, 0.25) is 0 Å². The van der Waals surface area contributed by atoms with Crippen molar-refractivity contribution in [3.63, 3.8) is 0 Å². The third kappa shape index (κ3) is 24.2. The van der Waals surface area contributed by atoms with Gasteiger partial charge in [-0.3, -0.25) is 19.2 Å². The van der Waals surface area contributed by atoms with Crippen molar-refractivity contribution in [3.05, 3.63) is 0 Å². The zero-order chi connectivity index (χ0) is 76.0. The summed E-state index contributed by atoms with van der Waals surface area (Å²) >= 11 is 0. The number of ether oxygens (including phenoxy) is 2. The molecule has 8 aliphatic rings. The molecular weight excluding hydrogens is 1420 g/mol. The van der Waals surface area contributed by atoms with Crippen molar-refractivity contribution in [2.75, 3.05) is 78.8 Å². The highest BCUT2D eigenvalue weighted by Gasteiger charge is 2.57. The van der Waals surface area contributed by atoms with Crippen molar-refractivity contribution in [1.29, 1.82) is 0 Å². The number of rotatable bonds is 32. The fraction of sp³-hybridized carbons (Fsp3) is 0.922. The Morgan fingerprint density at radius 1 is 0.376 bits per heavy atom. The second-order valence-electron chi connectivity index (χ2n) is 27.8. The normalized spacial score (nSPS) is 33.6. The average molecular weight is 1530 g/mol. The van der Waals surface area contributed by atoms with Crippen molar-refractivity contribution < 1.29 is 123 Å². The van der Waals surface area contributed by atoms with Crippen LogP contribution in [0.5, 0.6) is 0 Å². The molecule has 16 atom stereocenters. The summed E-state index contributed by atoms with van der Waals surface area (Å²) in [6.45, 7) is -0.525. The molecule has 42 nitrogen and oxygen atoms in total. The minimum atomic E-state index is -3.97. The monoisotopic (exact) mass is 1530 g/mol. The Morgan fingerprint density at radius 2 is 0.644 bits per heavy atom. The summed E-state index contributed by atoms with van der Waals surface area (Å²) < 4.78 is 125. The molecule has 8 fully saturated rings. The largest absolute Gasteiger partial charge is 0.480 e. The van der Waals surface area contributed by atoms with E-state index < -0.39 is 163 Å². The van der Waals surface area contributed by atoms with Gasteiger partial charge in [-0.25, -0.2) is 0 Å². The van der Waals surface area contributed by atoms with Crippen LogP contribution < -0.4 is 64.8 Å². The maximum Gasteiger partial charge on any atom is 0.451 e. The Morgan fingerprint density at radius 3 is 0.891 bits per heavy atom. The third-order valence-corrected chi connectivity index (χ3v) is 26.5.